The maximum atomic E-state index is 5.00. The highest BCUT2D eigenvalue weighted by atomic mass is 32.2. The van der Waals surface area contributed by atoms with Crippen molar-refractivity contribution < 1.29 is 0 Å². The molecule has 1 aliphatic heterocycles. The zero-order valence-corrected chi connectivity index (χ0v) is 22.2. The molecule has 0 aliphatic carbocycles. The van der Waals surface area contributed by atoms with E-state index >= 15 is 0 Å². The molecule has 1 heterocycles. The fourth-order valence-electron chi connectivity index (χ4n) is 3.92. The Bertz CT molecular complexity index is 898. The van der Waals surface area contributed by atoms with Gasteiger partial charge < -0.3 is 4.90 Å². The summed E-state index contributed by atoms with van der Waals surface area (Å²) < 4.78 is 2.50. The van der Waals surface area contributed by atoms with Crippen LogP contribution in [0.1, 0.15) is 61.3 Å². The van der Waals surface area contributed by atoms with Gasteiger partial charge in [-0.3, -0.25) is 9.30 Å². The monoisotopic (exact) mass is 443 g/mol. The summed E-state index contributed by atoms with van der Waals surface area (Å²) in [4.78, 5) is 8.50. The highest BCUT2D eigenvalue weighted by Gasteiger charge is 2.27. The van der Waals surface area contributed by atoms with Crippen LogP contribution in [0.3, 0.4) is 0 Å². The first kappa shape index (κ1) is 27.3. The predicted molar refractivity (Wildman–Crippen MR) is 147 cm³/mol. The lowest BCUT2D eigenvalue weighted by Crippen LogP contribution is -2.35. The Kier molecular flexibility index (Phi) is 10.3. The fourth-order valence-corrected chi connectivity index (χ4v) is 6.44. The van der Waals surface area contributed by atoms with Crippen LogP contribution in [0.15, 0.2) is 63.3 Å². The number of piperidine rings is 1. The molecular formula is C27H45N3S. The fraction of sp³-hybridized carbons (Fsp3) is 0.519. The average molecular weight is 444 g/mol. The van der Waals surface area contributed by atoms with Crippen molar-refractivity contribution in [2.24, 2.45) is 10.9 Å². The lowest BCUT2D eigenvalue weighted by molar-refractivity contribution is 0.342. The lowest BCUT2D eigenvalue weighted by atomic mass is 9.91. The van der Waals surface area contributed by atoms with E-state index < -0.39 is 9.39 Å². The van der Waals surface area contributed by atoms with Crippen LogP contribution in [0.4, 0.5) is 0 Å². The first-order valence-electron chi connectivity index (χ1n) is 11.2. The minimum absolute atomic E-state index is 0.450. The van der Waals surface area contributed by atoms with Gasteiger partial charge in [0, 0.05) is 54.6 Å². The highest BCUT2D eigenvalue weighted by molar-refractivity contribution is 8.29. The molecule has 4 heteroatoms. The van der Waals surface area contributed by atoms with Crippen molar-refractivity contribution in [2.75, 3.05) is 26.7 Å². The van der Waals surface area contributed by atoms with Gasteiger partial charge in [0.1, 0.15) is 0 Å². The molecule has 0 amide bonds. The Morgan fingerprint density at radius 2 is 1.65 bits per heavy atom. The molecule has 0 bridgehead atoms. The molecule has 31 heavy (non-hydrogen) atoms. The summed E-state index contributed by atoms with van der Waals surface area (Å²) in [6, 6.07) is 0. The van der Waals surface area contributed by atoms with Crippen molar-refractivity contribution in [1.29, 1.82) is 0 Å². The van der Waals surface area contributed by atoms with Crippen LogP contribution < -0.4 is 0 Å². The van der Waals surface area contributed by atoms with Gasteiger partial charge in [0.15, 0.2) is 0 Å². The van der Waals surface area contributed by atoms with Crippen LogP contribution in [0, 0.1) is 5.92 Å². The minimum Gasteiger partial charge on any atom is -0.377 e. The molecule has 0 atom stereocenters. The molecule has 0 unspecified atom stereocenters. The van der Waals surface area contributed by atoms with Gasteiger partial charge in [-0.1, -0.05) is 36.5 Å². The van der Waals surface area contributed by atoms with Gasteiger partial charge in [0.05, 0.1) is 0 Å². The Balaban J connectivity index is 3.21. The number of aliphatic imine (C=N–C) groups is 1. The van der Waals surface area contributed by atoms with Gasteiger partial charge in [0.2, 0.25) is 0 Å². The van der Waals surface area contributed by atoms with Crippen molar-refractivity contribution >= 4 is 26.8 Å². The summed E-state index contributed by atoms with van der Waals surface area (Å²) in [5.41, 5.74) is 6.96. The summed E-state index contributed by atoms with van der Waals surface area (Å²) in [5.74, 6) is 9.74. The van der Waals surface area contributed by atoms with E-state index in [-0.39, 0.29) is 0 Å². The molecule has 0 saturated carbocycles. The van der Waals surface area contributed by atoms with Crippen molar-refractivity contribution in [1.82, 2.24) is 9.21 Å². The third-order valence-electron chi connectivity index (χ3n) is 6.12. The second kappa shape index (κ2) is 11.7. The topological polar surface area (TPSA) is 18.8 Å². The van der Waals surface area contributed by atoms with Crippen LogP contribution in [-0.2, 0) is 0 Å². The van der Waals surface area contributed by atoms with Gasteiger partial charge in [-0.15, -0.1) is 9.39 Å². The van der Waals surface area contributed by atoms with Crippen LogP contribution >= 0.6 is 9.39 Å². The summed E-state index contributed by atoms with van der Waals surface area (Å²) in [6.45, 7) is 25.9. The van der Waals surface area contributed by atoms with Crippen molar-refractivity contribution in [3.63, 3.8) is 0 Å². The molecule has 1 fully saturated rings. The van der Waals surface area contributed by atoms with Crippen LogP contribution in [0.25, 0.3) is 0 Å². The third kappa shape index (κ3) is 7.11. The SMILES string of the molecule is C=C/C(C)=C(\C)N=C(C=C(C)C)C1CCN(S(=C)(=C)/C(C(=C)C)=C(\C)N(C)CC)CC1. The van der Waals surface area contributed by atoms with Crippen LogP contribution in [0.2, 0.25) is 0 Å². The quantitative estimate of drug-likeness (QED) is 0.219. The van der Waals surface area contributed by atoms with E-state index in [9.17, 15) is 0 Å². The Morgan fingerprint density at radius 1 is 1.10 bits per heavy atom. The second-order valence-corrected chi connectivity index (χ2v) is 11.6. The zero-order valence-electron chi connectivity index (χ0n) is 21.3. The van der Waals surface area contributed by atoms with Crippen LogP contribution in [-0.4, -0.2) is 53.3 Å². The molecule has 0 aromatic carbocycles. The summed E-state index contributed by atoms with van der Waals surface area (Å²) in [6.07, 6.45) is 6.25. The molecule has 0 spiro atoms. The van der Waals surface area contributed by atoms with Gasteiger partial charge in [0.25, 0.3) is 0 Å². The molecular weight excluding hydrogens is 398 g/mol. The first-order valence-corrected chi connectivity index (χ1v) is 13.1. The van der Waals surface area contributed by atoms with E-state index in [1.54, 1.807) is 0 Å². The maximum Gasteiger partial charge on any atom is 0.0438 e. The average Bonchev–Trinajstić information content (AvgIpc) is 2.71. The maximum absolute atomic E-state index is 5.00. The van der Waals surface area contributed by atoms with E-state index in [0.717, 1.165) is 49.3 Å². The van der Waals surface area contributed by atoms with E-state index in [4.69, 9.17) is 4.99 Å². The molecule has 0 radical (unpaired) electrons. The highest BCUT2D eigenvalue weighted by Crippen LogP contribution is 2.43. The van der Waals surface area contributed by atoms with Gasteiger partial charge in [-0.2, -0.15) is 0 Å². The van der Waals surface area contributed by atoms with Crippen molar-refractivity contribution in [3.05, 3.63) is 58.3 Å². The first-order chi connectivity index (χ1) is 14.4. The minimum atomic E-state index is -1.60. The summed E-state index contributed by atoms with van der Waals surface area (Å²) >= 11 is 0. The lowest BCUT2D eigenvalue weighted by Gasteiger charge is -2.40. The smallest absolute Gasteiger partial charge is 0.0438 e. The number of nitrogens with zero attached hydrogens (tertiary/aromatic N) is 3. The van der Waals surface area contributed by atoms with Crippen molar-refractivity contribution in [2.45, 2.75) is 61.3 Å². The predicted octanol–water partition coefficient (Wildman–Crippen LogP) is 6.93. The molecule has 1 saturated heterocycles. The zero-order chi connectivity index (χ0) is 23.9. The van der Waals surface area contributed by atoms with E-state index in [2.05, 4.69) is 95.7 Å². The van der Waals surface area contributed by atoms with Gasteiger partial charge in [-0.05, 0) is 78.5 Å². The van der Waals surface area contributed by atoms with E-state index in [1.807, 2.05) is 6.08 Å². The van der Waals surface area contributed by atoms with E-state index in [1.165, 1.54) is 21.9 Å². The normalized spacial score (nSPS) is 18.1. The Morgan fingerprint density at radius 3 is 2.06 bits per heavy atom. The Hall–Kier alpha value is -1.78. The summed E-state index contributed by atoms with van der Waals surface area (Å²) in [7, 11) is 0.532. The van der Waals surface area contributed by atoms with Gasteiger partial charge >= 0.3 is 0 Å². The van der Waals surface area contributed by atoms with E-state index in [0.29, 0.717) is 5.92 Å². The van der Waals surface area contributed by atoms with Crippen LogP contribution in [0.5, 0.6) is 0 Å². The third-order valence-corrected chi connectivity index (χ3v) is 8.88. The second-order valence-electron chi connectivity index (χ2n) is 8.99. The molecule has 0 aromatic rings. The molecule has 1 rings (SSSR count). The standard InChI is InChI=1S/C27H45N3S/c1-13-22(7)23(8)28-26(19-20(3)4)25-15-17-30(18-16-25)31(11,12)27(21(5)6)24(9)29(10)14-2/h13,19,25H,1,5,11-12,14-18H2,2-4,6-10H3/b23-22+,27-24+,28-26?. The molecule has 174 valence electrons. The molecule has 3 nitrogen and oxygen atoms in total. The van der Waals surface area contributed by atoms with Gasteiger partial charge in [-0.25, -0.2) is 0 Å². The Labute approximate surface area is 193 Å². The largest absolute Gasteiger partial charge is 0.377 e. The summed E-state index contributed by atoms with van der Waals surface area (Å²) in [5, 5.41) is 0. The van der Waals surface area contributed by atoms with Crippen molar-refractivity contribution in [3.8, 4) is 0 Å². The number of rotatable bonds is 9. The molecule has 0 N–H and O–H groups in total. The number of allylic oxidation sites excluding steroid dienone is 7. The molecule has 0 aromatic heterocycles. The number of hydrogen-bond acceptors (Lipinski definition) is 3. The molecule has 1 aliphatic rings. The number of hydrogen-bond donors (Lipinski definition) is 0.